The molecule has 2 rings (SSSR count). The lowest BCUT2D eigenvalue weighted by Gasteiger charge is -2.19. The van der Waals surface area contributed by atoms with Crippen LogP contribution in [-0.2, 0) is 16.1 Å². The van der Waals surface area contributed by atoms with E-state index in [1.807, 2.05) is 30.3 Å². The van der Waals surface area contributed by atoms with Crippen molar-refractivity contribution >= 4 is 12.1 Å². The number of aromatic hydroxyl groups is 1. The number of carbonyl (C=O) groups is 2. The van der Waals surface area contributed by atoms with Crippen LogP contribution in [0.15, 0.2) is 48.5 Å². The van der Waals surface area contributed by atoms with Crippen LogP contribution in [0.1, 0.15) is 49.5 Å². The number of alkyl carbamates (subject to hydrolysis) is 1. The fourth-order valence-electron chi connectivity index (χ4n) is 2.55. The Morgan fingerprint density at radius 2 is 1.73 bits per heavy atom. The summed E-state index contributed by atoms with van der Waals surface area (Å²) in [6, 6.07) is 13.9. The van der Waals surface area contributed by atoms with Gasteiger partial charge in [0.05, 0.1) is 6.61 Å². The average Bonchev–Trinajstić information content (AvgIpc) is 2.68. The van der Waals surface area contributed by atoms with Gasteiger partial charge < -0.3 is 24.6 Å². The number of phenolic OH excluding ortho intramolecular Hbond substituents is 1. The number of amides is 1. The molecule has 2 N–H and O–H groups in total. The topological polar surface area (TPSA) is 94.1 Å². The Kier molecular flexibility index (Phi) is 8.53. The van der Waals surface area contributed by atoms with Crippen LogP contribution in [0, 0.1) is 0 Å². The van der Waals surface area contributed by atoms with Gasteiger partial charge in [-0.3, -0.25) is 0 Å². The average molecular weight is 415 g/mol. The second kappa shape index (κ2) is 11.1. The van der Waals surface area contributed by atoms with E-state index in [0.29, 0.717) is 26.0 Å². The quantitative estimate of drug-likeness (QED) is 0.465. The number of phenols is 1. The van der Waals surface area contributed by atoms with Crippen LogP contribution < -0.4 is 10.1 Å². The first-order chi connectivity index (χ1) is 14.3. The van der Waals surface area contributed by atoms with Gasteiger partial charge in [0.2, 0.25) is 0 Å². The molecule has 0 aliphatic carbocycles. The summed E-state index contributed by atoms with van der Waals surface area (Å²) in [5.41, 5.74) is 0.315. The van der Waals surface area contributed by atoms with Gasteiger partial charge in [-0.2, -0.15) is 0 Å². The van der Waals surface area contributed by atoms with Gasteiger partial charge in [0.15, 0.2) is 0 Å². The maximum absolute atomic E-state index is 12.5. The lowest BCUT2D eigenvalue weighted by Crippen LogP contribution is -2.33. The first kappa shape index (κ1) is 23.1. The standard InChI is InChI=1S/C23H29NO6/c1-23(2,3)30-22(27)24-14-7-8-15-28-19-13-9-12-18(25)20(19)21(26)29-16-17-10-5-4-6-11-17/h4-6,9-13,25H,7-8,14-16H2,1-3H3,(H,24,27). The second-order valence-electron chi connectivity index (χ2n) is 7.70. The molecule has 0 heterocycles. The molecule has 0 atom stereocenters. The van der Waals surface area contributed by atoms with Crippen molar-refractivity contribution in [2.24, 2.45) is 0 Å². The van der Waals surface area contributed by atoms with Gasteiger partial charge in [-0.25, -0.2) is 9.59 Å². The van der Waals surface area contributed by atoms with Gasteiger partial charge in [0.25, 0.3) is 0 Å². The van der Waals surface area contributed by atoms with Crippen molar-refractivity contribution in [3.05, 3.63) is 59.7 Å². The molecule has 0 aromatic heterocycles. The molecule has 0 aliphatic heterocycles. The number of carbonyl (C=O) groups excluding carboxylic acids is 2. The monoisotopic (exact) mass is 415 g/mol. The van der Waals surface area contributed by atoms with Crippen LogP contribution in [0.25, 0.3) is 0 Å². The minimum Gasteiger partial charge on any atom is -0.507 e. The summed E-state index contributed by atoms with van der Waals surface area (Å²) in [5.74, 6) is -0.594. The first-order valence-corrected chi connectivity index (χ1v) is 9.89. The van der Waals surface area contributed by atoms with E-state index in [2.05, 4.69) is 5.32 Å². The van der Waals surface area contributed by atoms with Crippen molar-refractivity contribution in [3.8, 4) is 11.5 Å². The van der Waals surface area contributed by atoms with Crippen molar-refractivity contribution in [2.75, 3.05) is 13.2 Å². The highest BCUT2D eigenvalue weighted by Gasteiger charge is 2.19. The lowest BCUT2D eigenvalue weighted by molar-refractivity contribution is 0.0462. The third-order valence-corrected chi connectivity index (χ3v) is 3.92. The van der Waals surface area contributed by atoms with Crippen molar-refractivity contribution in [2.45, 2.75) is 45.8 Å². The smallest absolute Gasteiger partial charge is 0.407 e. The van der Waals surface area contributed by atoms with Crippen LogP contribution in [0.2, 0.25) is 0 Å². The molecular formula is C23H29NO6. The SMILES string of the molecule is CC(C)(C)OC(=O)NCCCCOc1cccc(O)c1C(=O)OCc1ccccc1. The van der Waals surface area contributed by atoms with Crippen molar-refractivity contribution in [3.63, 3.8) is 0 Å². The van der Waals surface area contributed by atoms with Gasteiger partial charge in [-0.1, -0.05) is 36.4 Å². The third-order valence-electron chi connectivity index (χ3n) is 3.92. The number of hydrogen-bond acceptors (Lipinski definition) is 6. The lowest BCUT2D eigenvalue weighted by atomic mass is 10.1. The molecule has 7 nitrogen and oxygen atoms in total. The number of nitrogens with one attached hydrogen (secondary N) is 1. The van der Waals surface area contributed by atoms with E-state index in [9.17, 15) is 14.7 Å². The fraction of sp³-hybridized carbons (Fsp3) is 0.391. The second-order valence-corrected chi connectivity index (χ2v) is 7.70. The van der Waals surface area contributed by atoms with Crippen LogP contribution >= 0.6 is 0 Å². The Labute approximate surface area is 177 Å². The number of ether oxygens (including phenoxy) is 3. The highest BCUT2D eigenvalue weighted by molar-refractivity contribution is 5.95. The Hall–Kier alpha value is -3.22. The van der Waals surface area contributed by atoms with Gasteiger partial charge in [0.1, 0.15) is 29.3 Å². The number of hydrogen-bond donors (Lipinski definition) is 2. The van der Waals surface area contributed by atoms with Crippen molar-refractivity contribution in [1.29, 1.82) is 0 Å². The maximum Gasteiger partial charge on any atom is 0.407 e. The van der Waals surface area contributed by atoms with Gasteiger partial charge in [0, 0.05) is 6.54 Å². The summed E-state index contributed by atoms with van der Waals surface area (Å²) >= 11 is 0. The molecule has 0 fully saturated rings. The van der Waals surface area contributed by atoms with Crippen molar-refractivity contribution < 1.29 is 28.9 Å². The predicted octanol–water partition coefficient (Wildman–Crippen LogP) is 4.43. The molecule has 2 aromatic carbocycles. The van der Waals surface area contributed by atoms with E-state index >= 15 is 0 Å². The van der Waals surface area contributed by atoms with Crippen LogP contribution in [0.3, 0.4) is 0 Å². The minimum absolute atomic E-state index is 0.000288. The van der Waals surface area contributed by atoms with E-state index in [4.69, 9.17) is 14.2 Å². The number of unbranched alkanes of at least 4 members (excludes halogenated alkanes) is 1. The molecule has 1 amide bonds. The zero-order valence-electron chi connectivity index (χ0n) is 17.6. The van der Waals surface area contributed by atoms with Gasteiger partial charge in [-0.15, -0.1) is 0 Å². The molecule has 0 saturated carbocycles. The number of esters is 1. The highest BCUT2D eigenvalue weighted by Crippen LogP contribution is 2.28. The summed E-state index contributed by atoms with van der Waals surface area (Å²) in [7, 11) is 0. The van der Waals surface area contributed by atoms with Crippen LogP contribution in [-0.4, -0.2) is 35.9 Å². The van der Waals surface area contributed by atoms with E-state index in [0.717, 1.165) is 5.56 Å². The molecular weight excluding hydrogens is 386 g/mol. The molecule has 7 heteroatoms. The molecule has 0 spiro atoms. The van der Waals surface area contributed by atoms with Crippen molar-refractivity contribution in [1.82, 2.24) is 5.32 Å². The van der Waals surface area contributed by atoms with Gasteiger partial charge >= 0.3 is 12.1 Å². The van der Waals surface area contributed by atoms with Crippen LogP contribution in [0.4, 0.5) is 4.79 Å². The Morgan fingerprint density at radius 3 is 2.43 bits per heavy atom. The first-order valence-electron chi connectivity index (χ1n) is 9.89. The molecule has 162 valence electrons. The Balaban J connectivity index is 1.80. The summed E-state index contributed by atoms with van der Waals surface area (Å²) in [6.45, 7) is 6.28. The van der Waals surface area contributed by atoms with E-state index in [1.54, 1.807) is 32.9 Å². The summed E-state index contributed by atoms with van der Waals surface area (Å²) < 4.78 is 16.1. The summed E-state index contributed by atoms with van der Waals surface area (Å²) in [4.78, 5) is 24.1. The molecule has 0 bridgehead atoms. The Morgan fingerprint density at radius 1 is 1.00 bits per heavy atom. The highest BCUT2D eigenvalue weighted by atomic mass is 16.6. The summed E-state index contributed by atoms with van der Waals surface area (Å²) in [5, 5.41) is 12.8. The fourth-order valence-corrected chi connectivity index (χ4v) is 2.55. The largest absolute Gasteiger partial charge is 0.507 e. The molecule has 0 aliphatic rings. The molecule has 0 radical (unpaired) electrons. The molecule has 0 unspecified atom stereocenters. The van der Waals surface area contributed by atoms with E-state index < -0.39 is 17.7 Å². The Bertz CT molecular complexity index is 829. The zero-order chi connectivity index (χ0) is 22.0. The van der Waals surface area contributed by atoms with E-state index in [-0.39, 0.29) is 23.7 Å². The van der Waals surface area contributed by atoms with Gasteiger partial charge in [-0.05, 0) is 51.3 Å². The van der Waals surface area contributed by atoms with E-state index in [1.165, 1.54) is 6.07 Å². The predicted molar refractivity (Wildman–Crippen MR) is 113 cm³/mol. The normalized spacial score (nSPS) is 10.9. The minimum atomic E-state index is -0.654. The molecule has 30 heavy (non-hydrogen) atoms. The number of rotatable bonds is 9. The number of benzene rings is 2. The third kappa shape index (κ3) is 8.03. The zero-order valence-corrected chi connectivity index (χ0v) is 17.6. The molecule has 2 aromatic rings. The maximum atomic E-state index is 12.5. The summed E-state index contributed by atoms with van der Waals surface area (Å²) in [6.07, 6.45) is 0.857. The van der Waals surface area contributed by atoms with Crippen LogP contribution in [0.5, 0.6) is 11.5 Å². The molecule has 0 saturated heterocycles.